The molecule has 0 amide bonds. The highest BCUT2D eigenvalue weighted by molar-refractivity contribution is 7.86. The minimum Gasteiger partial charge on any atom is -0.367 e. The molecule has 2 atom stereocenters. The third-order valence-corrected chi connectivity index (χ3v) is 6.68. The summed E-state index contributed by atoms with van der Waals surface area (Å²) in [6.45, 7) is 11.7. The van der Waals surface area contributed by atoms with Crippen LogP contribution in [0.5, 0.6) is 0 Å². The van der Waals surface area contributed by atoms with Gasteiger partial charge in [0.15, 0.2) is 0 Å². The van der Waals surface area contributed by atoms with Crippen molar-refractivity contribution < 1.29 is 13.2 Å². The summed E-state index contributed by atoms with van der Waals surface area (Å²) in [5, 5.41) is 0. The summed E-state index contributed by atoms with van der Waals surface area (Å²) in [6.07, 6.45) is -0.392. The van der Waals surface area contributed by atoms with Crippen molar-refractivity contribution in [3.05, 3.63) is 35.9 Å². The number of nitrogens with zero attached hydrogens (tertiary/aromatic N) is 2. The zero-order valence-corrected chi connectivity index (χ0v) is 16.2. The lowest BCUT2D eigenvalue weighted by Crippen LogP contribution is -2.54. The molecule has 1 saturated heterocycles. The van der Waals surface area contributed by atoms with E-state index >= 15 is 0 Å². The van der Waals surface area contributed by atoms with E-state index in [4.69, 9.17) is 4.74 Å². The minimum atomic E-state index is -3.47. The fraction of sp³-hybridized carbons (Fsp3) is 0.667. The Bertz CT molecular complexity index is 621. The van der Waals surface area contributed by atoms with Gasteiger partial charge in [-0.25, -0.2) is 0 Å². The highest BCUT2D eigenvalue weighted by Gasteiger charge is 2.41. The van der Waals surface area contributed by atoms with Crippen LogP contribution in [-0.4, -0.2) is 49.3 Å². The molecule has 0 N–H and O–H groups in total. The second-order valence-corrected chi connectivity index (χ2v) is 9.23. The molecule has 0 bridgehead atoms. The summed E-state index contributed by atoms with van der Waals surface area (Å²) in [5.74, 6) is 0. The summed E-state index contributed by atoms with van der Waals surface area (Å²) in [7, 11) is -3.47. The molecule has 2 rings (SSSR count). The van der Waals surface area contributed by atoms with Gasteiger partial charge in [0, 0.05) is 26.2 Å². The Morgan fingerprint density at radius 2 is 1.71 bits per heavy atom. The number of rotatable bonds is 5. The van der Waals surface area contributed by atoms with Gasteiger partial charge in [0.05, 0.1) is 12.2 Å². The Hall–Kier alpha value is -0.950. The van der Waals surface area contributed by atoms with E-state index in [9.17, 15) is 8.42 Å². The minimum absolute atomic E-state index is 0.134. The molecule has 5 nitrogen and oxygen atoms in total. The fourth-order valence-corrected chi connectivity index (χ4v) is 4.59. The van der Waals surface area contributed by atoms with E-state index < -0.39 is 10.2 Å². The van der Waals surface area contributed by atoms with E-state index in [1.54, 1.807) is 4.31 Å². The third-order valence-electron chi connectivity index (χ3n) is 4.56. The molecule has 136 valence electrons. The summed E-state index contributed by atoms with van der Waals surface area (Å²) in [5.41, 5.74) is 0.885. The summed E-state index contributed by atoms with van der Waals surface area (Å²) in [6, 6.07) is 9.87. The Morgan fingerprint density at radius 3 is 2.21 bits per heavy atom. The lowest BCUT2D eigenvalue weighted by atomic mass is 9.87. The molecule has 0 unspecified atom stereocenters. The van der Waals surface area contributed by atoms with E-state index in [0.717, 1.165) is 5.56 Å². The normalized spacial score (nSPS) is 23.6. The van der Waals surface area contributed by atoms with Crippen molar-refractivity contribution in [1.29, 1.82) is 0 Å². The molecule has 0 radical (unpaired) electrons. The van der Waals surface area contributed by atoms with E-state index in [1.165, 1.54) is 4.31 Å². The maximum absolute atomic E-state index is 13.0. The van der Waals surface area contributed by atoms with Gasteiger partial charge in [-0.3, -0.25) is 0 Å². The summed E-state index contributed by atoms with van der Waals surface area (Å²) < 4.78 is 35.4. The van der Waals surface area contributed by atoms with Crippen LogP contribution in [0.15, 0.2) is 30.3 Å². The van der Waals surface area contributed by atoms with Crippen molar-refractivity contribution in [2.24, 2.45) is 5.41 Å². The lowest BCUT2D eigenvalue weighted by Gasteiger charge is -2.43. The first-order chi connectivity index (χ1) is 11.2. The largest absolute Gasteiger partial charge is 0.367 e. The monoisotopic (exact) mass is 354 g/mol. The van der Waals surface area contributed by atoms with Crippen molar-refractivity contribution in [2.45, 2.75) is 46.8 Å². The van der Waals surface area contributed by atoms with E-state index in [2.05, 4.69) is 20.8 Å². The molecule has 0 spiro atoms. The van der Waals surface area contributed by atoms with Crippen LogP contribution in [0.1, 0.15) is 46.3 Å². The van der Waals surface area contributed by atoms with E-state index in [0.29, 0.717) is 26.2 Å². The lowest BCUT2D eigenvalue weighted by molar-refractivity contribution is -0.111. The van der Waals surface area contributed by atoms with Crippen molar-refractivity contribution >= 4 is 10.2 Å². The van der Waals surface area contributed by atoms with Crippen LogP contribution in [0.3, 0.4) is 0 Å². The van der Waals surface area contributed by atoms with Gasteiger partial charge in [-0.1, -0.05) is 65.0 Å². The highest BCUT2D eigenvalue weighted by Crippen LogP contribution is 2.34. The number of hydrogen-bond acceptors (Lipinski definition) is 3. The summed E-state index contributed by atoms with van der Waals surface area (Å²) >= 11 is 0. The molecule has 1 heterocycles. The number of hydrogen-bond donors (Lipinski definition) is 0. The van der Waals surface area contributed by atoms with Crippen LogP contribution in [-0.2, 0) is 14.9 Å². The van der Waals surface area contributed by atoms with Gasteiger partial charge in [0.25, 0.3) is 10.2 Å². The first-order valence-electron chi connectivity index (χ1n) is 8.65. The average Bonchev–Trinajstić information content (AvgIpc) is 2.55. The van der Waals surface area contributed by atoms with Gasteiger partial charge < -0.3 is 4.74 Å². The second-order valence-electron chi connectivity index (χ2n) is 7.30. The quantitative estimate of drug-likeness (QED) is 0.816. The smallest absolute Gasteiger partial charge is 0.282 e. The van der Waals surface area contributed by atoms with Gasteiger partial charge in [0.1, 0.15) is 0 Å². The van der Waals surface area contributed by atoms with Crippen LogP contribution in [0.25, 0.3) is 0 Å². The van der Waals surface area contributed by atoms with Crippen LogP contribution in [0.4, 0.5) is 0 Å². The van der Waals surface area contributed by atoms with Gasteiger partial charge in [-0.2, -0.15) is 17.0 Å². The van der Waals surface area contributed by atoms with Gasteiger partial charge in [-0.05, 0) is 11.0 Å². The topological polar surface area (TPSA) is 49.9 Å². The Kier molecular flexibility index (Phi) is 6.07. The molecule has 1 aromatic rings. The van der Waals surface area contributed by atoms with Crippen molar-refractivity contribution in [1.82, 2.24) is 8.61 Å². The molecule has 1 fully saturated rings. The maximum atomic E-state index is 13.0. The molecule has 1 aromatic carbocycles. The van der Waals surface area contributed by atoms with Crippen molar-refractivity contribution in [3.63, 3.8) is 0 Å². The van der Waals surface area contributed by atoms with Gasteiger partial charge >= 0.3 is 0 Å². The third kappa shape index (κ3) is 4.17. The number of benzene rings is 1. The van der Waals surface area contributed by atoms with Crippen molar-refractivity contribution in [3.8, 4) is 0 Å². The van der Waals surface area contributed by atoms with Gasteiger partial charge in [0.2, 0.25) is 0 Å². The van der Waals surface area contributed by atoms with Crippen molar-refractivity contribution in [2.75, 3.05) is 26.2 Å². The Labute approximate surface area is 146 Å². The predicted molar refractivity (Wildman–Crippen MR) is 96.9 cm³/mol. The number of morpholine rings is 1. The predicted octanol–water partition coefficient (Wildman–Crippen LogP) is 3.06. The first kappa shape index (κ1) is 19.4. The number of ether oxygens (including phenoxy) is 1. The molecule has 0 saturated carbocycles. The SMILES string of the molecule is CCN(CC)S(=O)(=O)N1C[C@@H](c2ccccc2)O[C@@H](C(C)(C)C)C1. The molecule has 1 aliphatic heterocycles. The zero-order chi connectivity index (χ0) is 18.0. The van der Waals surface area contributed by atoms with Crippen LogP contribution < -0.4 is 0 Å². The average molecular weight is 355 g/mol. The maximum Gasteiger partial charge on any atom is 0.282 e. The zero-order valence-electron chi connectivity index (χ0n) is 15.4. The Balaban J connectivity index is 2.34. The van der Waals surface area contributed by atoms with Crippen LogP contribution in [0.2, 0.25) is 0 Å². The molecule has 0 aliphatic carbocycles. The highest BCUT2D eigenvalue weighted by atomic mass is 32.2. The Morgan fingerprint density at radius 1 is 1.12 bits per heavy atom. The fourth-order valence-electron chi connectivity index (χ4n) is 2.96. The molecule has 6 heteroatoms. The van der Waals surface area contributed by atoms with E-state index in [-0.39, 0.29) is 17.6 Å². The standard InChI is InChI=1S/C18H30N2O3S/c1-6-19(7-2)24(21,22)20-13-16(15-11-9-8-10-12-15)23-17(14-20)18(3,4)5/h8-12,16-17H,6-7,13-14H2,1-5H3/t16-,17+/m0/s1. The van der Waals surface area contributed by atoms with Gasteiger partial charge in [-0.15, -0.1) is 0 Å². The molecular formula is C18H30N2O3S. The van der Waals surface area contributed by atoms with Crippen LogP contribution in [0, 0.1) is 5.41 Å². The molecular weight excluding hydrogens is 324 g/mol. The molecule has 1 aliphatic rings. The molecule has 24 heavy (non-hydrogen) atoms. The summed E-state index contributed by atoms with van der Waals surface area (Å²) in [4.78, 5) is 0. The first-order valence-corrected chi connectivity index (χ1v) is 10.1. The van der Waals surface area contributed by atoms with E-state index in [1.807, 2.05) is 44.2 Å². The second kappa shape index (κ2) is 7.52. The van der Waals surface area contributed by atoms with Crippen LogP contribution >= 0.6 is 0 Å². The molecule has 0 aromatic heterocycles.